The molecule has 33 heavy (non-hydrogen) atoms. The van der Waals surface area contributed by atoms with Crippen LogP contribution in [0.15, 0.2) is 48.5 Å². The van der Waals surface area contributed by atoms with E-state index in [1.165, 1.54) is 4.90 Å². The predicted octanol–water partition coefficient (Wildman–Crippen LogP) is 4.26. The van der Waals surface area contributed by atoms with Crippen molar-refractivity contribution in [2.75, 3.05) is 19.7 Å². The highest BCUT2D eigenvalue weighted by Gasteiger charge is 2.31. The SMILES string of the molecule is CCCC(NC(=O)OCC1c2ccccc2-c2ccccc21)C(=O)N(CC(=O)O)CC(C)C. The van der Waals surface area contributed by atoms with E-state index in [0.717, 1.165) is 22.3 Å². The number of carbonyl (C=O) groups is 3. The zero-order valence-corrected chi connectivity index (χ0v) is 19.4. The number of carboxylic acid groups (broad SMARTS) is 1. The van der Waals surface area contributed by atoms with Gasteiger partial charge in [0, 0.05) is 12.5 Å². The second-order valence-electron chi connectivity index (χ2n) is 8.82. The molecule has 0 saturated heterocycles. The maximum Gasteiger partial charge on any atom is 0.407 e. The van der Waals surface area contributed by atoms with Gasteiger partial charge in [0.1, 0.15) is 19.2 Å². The first kappa shape index (κ1) is 24.3. The van der Waals surface area contributed by atoms with Crippen molar-refractivity contribution in [3.8, 4) is 11.1 Å². The average Bonchev–Trinajstić information content (AvgIpc) is 3.09. The van der Waals surface area contributed by atoms with E-state index in [1.54, 1.807) is 0 Å². The van der Waals surface area contributed by atoms with Crippen molar-refractivity contribution >= 4 is 18.0 Å². The van der Waals surface area contributed by atoms with Crippen molar-refractivity contribution in [1.29, 1.82) is 0 Å². The first-order valence-corrected chi connectivity index (χ1v) is 11.4. The molecule has 0 radical (unpaired) electrons. The van der Waals surface area contributed by atoms with Gasteiger partial charge in [-0.1, -0.05) is 75.7 Å². The number of rotatable bonds is 10. The van der Waals surface area contributed by atoms with E-state index in [4.69, 9.17) is 4.74 Å². The van der Waals surface area contributed by atoms with Crippen LogP contribution in [0.1, 0.15) is 50.7 Å². The van der Waals surface area contributed by atoms with Crippen LogP contribution >= 0.6 is 0 Å². The Morgan fingerprint density at radius 3 is 2.12 bits per heavy atom. The Hall–Kier alpha value is -3.35. The van der Waals surface area contributed by atoms with E-state index in [1.807, 2.05) is 57.2 Å². The van der Waals surface area contributed by atoms with Crippen LogP contribution < -0.4 is 5.32 Å². The molecule has 0 spiro atoms. The molecular formula is C26H32N2O5. The van der Waals surface area contributed by atoms with Crippen LogP contribution in [0.5, 0.6) is 0 Å². The number of hydrogen-bond donors (Lipinski definition) is 2. The number of amides is 2. The zero-order valence-electron chi connectivity index (χ0n) is 19.4. The van der Waals surface area contributed by atoms with E-state index in [-0.39, 0.29) is 18.4 Å². The fourth-order valence-electron chi connectivity index (χ4n) is 4.39. The molecule has 3 rings (SSSR count). The van der Waals surface area contributed by atoms with Crippen molar-refractivity contribution in [1.82, 2.24) is 10.2 Å². The third-order valence-corrected chi connectivity index (χ3v) is 5.73. The molecule has 1 aliphatic rings. The minimum absolute atomic E-state index is 0.0760. The van der Waals surface area contributed by atoms with Crippen LogP contribution in [-0.4, -0.2) is 53.7 Å². The monoisotopic (exact) mass is 452 g/mol. The van der Waals surface area contributed by atoms with Gasteiger partial charge in [0.05, 0.1) is 0 Å². The number of carbonyl (C=O) groups excluding carboxylic acids is 2. The second-order valence-corrected chi connectivity index (χ2v) is 8.82. The van der Waals surface area contributed by atoms with Crippen LogP contribution in [-0.2, 0) is 14.3 Å². The molecule has 7 nitrogen and oxygen atoms in total. The number of alkyl carbamates (subject to hydrolysis) is 1. The lowest BCUT2D eigenvalue weighted by atomic mass is 9.98. The maximum atomic E-state index is 13.0. The van der Waals surface area contributed by atoms with Gasteiger partial charge in [-0.05, 0) is 34.6 Å². The minimum atomic E-state index is -1.08. The number of fused-ring (bicyclic) bond motifs is 3. The summed E-state index contributed by atoms with van der Waals surface area (Å²) in [6.07, 6.45) is 0.378. The standard InChI is InChI=1S/C26H32N2O5/c1-4-9-23(25(31)28(14-17(2)3)15-24(29)30)27-26(32)33-16-22-20-12-7-5-10-18(20)19-11-6-8-13-21(19)22/h5-8,10-13,17,22-23H,4,9,14-16H2,1-3H3,(H,27,32)(H,29,30). The quantitative estimate of drug-likeness (QED) is 0.561. The van der Waals surface area contributed by atoms with Gasteiger partial charge in [-0.2, -0.15) is 0 Å². The molecule has 0 saturated carbocycles. The van der Waals surface area contributed by atoms with Crippen molar-refractivity contribution in [3.05, 3.63) is 59.7 Å². The molecule has 0 heterocycles. The summed E-state index contributed by atoms with van der Waals surface area (Å²) in [4.78, 5) is 38.2. The lowest BCUT2D eigenvalue weighted by molar-refractivity contribution is -0.145. The van der Waals surface area contributed by atoms with E-state index in [0.29, 0.717) is 19.4 Å². The summed E-state index contributed by atoms with van der Waals surface area (Å²) in [6, 6.07) is 15.3. The summed E-state index contributed by atoms with van der Waals surface area (Å²) in [6.45, 7) is 5.79. The van der Waals surface area contributed by atoms with Crippen LogP contribution in [0.3, 0.4) is 0 Å². The Bertz CT molecular complexity index is 958. The molecule has 2 aromatic carbocycles. The Kier molecular flexibility index (Phi) is 8.09. The first-order valence-electron chi connectivity index (χ1n) is 11.4. The van der Waals surface area contributed by atoms with E-state index >= 15 is 0 Å². The lowest BCUT2D eigenvalue weighted by Gasteiger charge is -2.28. The number of aliphatic carboxylic acids is 1. The topological polar surface area (TPSA) is 95.9 Å². The van der Waals surface area contributed by atoms with E-state index in [9.17, 15) is 19.5 Å². The van der Waals surface area contributed by atoms with Gasteiger partial charge in [-0.15, -0.1) is 0 Å². The first-order chi connectivity index (χ1) is 15.8. The van der Waals surface area contributed by atoms with Crippen LogP contribution in [0.2, 0.25) is 0 Å². The molecule has 1 atom stereocenters. The third-order valence-electron chi connectivity index (χ3n) is 5.73. The highest BCUT2D eigenvalue weighted by atomic mass is 16.5. The van der Waals surface area contributed by atoms with E-state index < -0.39 is 30.6 Å². The predicted molar refractivity (Wildman–Crippen MR) is 126 cm³/mol. The van der Waals surface area contributed by atoms with Gasteiger partial charge < -0.3 is 20.1 Å². The Labute approximate surface area is 194 Å². The molecule has 2 N–H and O–H groups in total. The van der Waals surface area contributed by atoms with Crippen LogP contribution in [0.25, 0.3) is 11.1 Å². The Balaban J connectivity index is 1.68. The van der Waals surface area contributed by atoms with Crippen molar-refractivity contribution < 1.29 is 24.2 Å². The Morgan fingerprint density at radius 1 is 1.03 bits per heavy atom. The van der Waals surface area contributed by atoms with Gasteiger partial charge >= 0.3 is 12.1 Å². The number of benzene rings is 2. The van der Waals surface area contributed by atoms with Gasteiger partial charge in [-0.25, -0.2) is 4.79 Å². The summed E-state index contributed by atoms with van der Waals surface area (Å²) in [5, 5.41) is 11.9. The number of nitrogens with one attached hydrogen (secondary N) is 1. The third kappa shape index (κ3) is 5.92. The van der Waals surface area contributed by atoms with Crippen LogP contribution in [0.4, 0.5) is 4.79 Å². The van der Waals surface area contributed by atoms with E-state index in [2.05, 4.69) is 17.4 Å². The molecular weight excluding hydrogens is 420 g/mol. The molecule has 1 unspecified atom stereocenters. The van der Waals surface area contributed by atoms with Gasteiger partial charge in [0.2, 0.25) is 5.91 Å². The van der Waals surface area contributed by atoms with Crippen LogP contribution in [0, 0.1) is 5.92 Å². The molecule has 176 valence electrons. The molecule has 0 fully saturated rings. The molecule has 0 bridgehead atoms. The summed E-state index contributed by atoms with van der Waals surface area (Å²) in [7, 11) is 0. The average molecular weight is 453 g/mol. The second kappa shape index (κ2) is 11.0. The maximum absolute atomic E-state index is 13.0. The fourth-order valence-corrected chi connectivity index (χ4v) is 4.39. The largest absolute Gasteiger partial charge is 0.480 e. The molecule has 2 aromatic rings. The summed E-state index contributed by atoms with van der Waals surface area (Å²) in [5.74, 6) is -1.46. The highest BCUT2D eigenvalue weighted by Crippen LogP contribution is 2.44. The number of hydrogen-bond acceptors (Lipinski definition) is 4. The number of ether oxygens (including phenoxy) is 1. The minimum Gasteiger partial charge on any atom is -0.480 e. The lowest BCUT2D eigenvalue weighted by Crippen LogP contribution is -2.51. The molecule has 2 amide bonds. The normalized spacial score (nSPS) is 13.2. The molecule has 1 aliphatic carbocycles. The summed E-state index contributed by atoms with van der Waals surface area (Å²) < 4.78 is 5.57. The molecule has 7 heteroatoms. The van der Waals surface area contributed by atoms with Gasteiger partial charge in [-0.3, -0.25) is 9.59 Å². The summed E-state index contributed by atoms with van der Waals surface area (Å²) in [5.41, 5.74) is 4.49. The smallest absolute Gasteiger partial charge is 0.407 e. The highest BCUT2D eigenvalue weighted by molar-refractivity contribution is 5.88. The van der Waals surface area contributed by atoms with Crippen molar-refractivity contribution in [2.45, 2.75) is 45.6 Å². The summed E-state index contributed by atoms with van der Waals surface area (Å²) >= 11 is 0. The van der Waals surface area contributed by atoms with Crippen molar-refractivity contribution in [3.63, 3.8) is 0 Å². The Morgan fingerprint density at radius 2 is 1.61 bits per heavy atom. The van der Waals surface area contributed by atoms with Gasteiger partial charge in [0.25, 0.3) is 0 Å². The van der Waals surface area contributed by atoms with Gasteiger partial charge in [0.15, 0.2) is 0 Å². The fraction of sp³-hybridized carbons (Fsp3) is 0.423. The number of nitrogens with zero attached hydrogens (tertiary/aromatic N) is 1. The number of carboxylic acids is 1. The molecule has 0 aliphatic heterocycles. The molecule has 0 aromatic heterocycles. The zero-order chi connectivity index (χ0) is 24.0. The van der Waals surface area contributed by atoms with Crippen molar-refractivity contribution in [2.24, 2.45) is 5.92 Å².